The highest BCUT2D eigenvalue weighted by Crippen LogP contribution is 2.09. The number of esters is 1. The third kappa shape index (κ3) is 4.24. The van der Waals surface area contributed by atoms with Crippen molar-refractivity contribution in [2.75, 3.05) is 12.0 Å². The average molecular weight is 259 g/mol. The van der Waals surface area contributed by atoms with Gasteiger partial charge in [-0.15, -0.1) is 0 Å². The van der Waals surface area contributed by atoms with Crippen LogP contribution in [0.4, 0.5) is 5.69 Å². The number of hydrogen-bond acceptors (Lipinski definition) is 6. The average Bonchev–Trinajstić information content (AvgIpc) is 2.40. The van der Waals surface area contributed by atoms with Gasteiger partial charge in [-0.1, -0.05) is 0 Å². The predicted molar refractivity (Wildman–Crippen MR) is 69.8 cm³/mol. The van der Waals surface area contributed by atoms with Crippen LogP contribution in [-0.4, -0.2) is 24.1 Å². The molecule has 6 heteroatoms. The minimum atomic E-state index is -0.780. The lowest BCUT2D eigenvalue weighted by atomic mass is 10.1. The number of ketones is 1. The summed E-state index contributed by atoms with van der Waals surface area (Å²) in [4.78, 5) is 22.4. The second-order valence-corrected chi connectivity index (χ2v) is 3.54. The van der Waals surface area contributed by atoms with Crippen molar-refractivity contribution in [2.24, 2.45) is 5.10 Å². The Morgan fingerprint density at radius 3 is 2.47 bits per heavy atom. The van der Waals surface area contributed by atoms with Crippen molar-refractivity contribution in [3.63, 3.8) is 0 Å². The lowest BCUT2D eigenvalue weighted by Gasteiger charge is -2.02. The molecule has 0 unspecified atom stereocenters. The number of benzene rings is 1. The number of carbonyl (C=O) groups excluding carboxylic acids is 2. The minimum absolute atomic E-state index is 0.0423. The Morgan fingerprint density at radius 2 is 2.00 bits per heavy atom. The van der Waals surface area contributed by atoms with Crippen LogP contribution in [0.25, 0.3) is 0 Å². The van der Waals surface area contributed by atoms with E-state index in [1.807, 2.05) is 0 Å². The van der Waals surface area contributed by atoms with E-state index in [-0.39, 0.29) is 18.1 Å². The Bertz CT molecular complexity index is 541. The molecule has 0 aliphatic heterocycles. The first kappa shape index (κ1) is 14.4. The maximum Gasteiger partial charge on any atom is 0.369 e. The van der Waals surface area contributed by atoms with Crippen molar-refractivity contribution in [3.8, 4) is 6.07 Å². The zero-order valence-electron chi connectivity index (χ0n) is 10.6. The van der Waals surface area contributed by atoms with E-state index < -0.39 is 5.97 Å². The standard InChI is InChI=1S/C13H13N3O3/c1-3-19-13(18)12(8-14)16-15-11-6-4-10(5-7-11)9(2)17/h4-7,15H,3H2,1-2H3. The van der Waals surface area contributed by atoms with E-state index in [0.717, 1.165) is 0 Å². The highest BCUT2D eigenvalue weighted by Gasteiger charge is 2.11. The molecule has 0 aliphatic carbocycles. The molecule has 0 aliphatic rings. The highest BCUT2D eigenvalue weighted by molar-refractivity contribution is 6.43. The third-order valence-electron chi connectivity index (χ3n) is 2.16. The van der Waals surface area contributed by atoms with Gasteiger partial charge in [-0.2, -0.15) is 10.4 Å². The quantitative estimate of drug-likeness (QED) is 0.376. The highest BCUT2D eigenvalue weighted by atomic mass is 16.5. The van der Waals surface area contributed by atoms with Gasteiger partial charge < -0.3 is 4.74 Å². The molecule has 0 saturated carbocycles. The Balaban J connectivity index is 2.76. The molecule has 0 saturated heterocycles. The van der Waals surface area contributed by atoms with Crippen LogP contribution in [0.1, 0.15) is 24.2 Å². The minimum Gasteiger partial charge on any atom is -0.461 e. The lowest BCUT2D eigenvalue weighted by molar-refractivity contribution is -0.134. The summed E-state index contributed by atoms with van der Waals surface area (Å²) in [7, 11) is 0. The molecule has 0 radical (unpaired) electrons. The van der Waals surface area contributed by atoms with Crippen LogP contribution in [-0.2, 0) is 9.53 Å². The van der Waals surface area contributed by atoms with Gasteiger partial charge in [0.15, 0.2) is 5.78 Å². The summed E-state index contributed by atoms with van der Waals surface area (Å²) < 4.78 is 4.66. The number of nitrogens with one attached hydrogen (secondary N) is 1. The number of carbonyl (C=O) groups is 2. The summed E-state index contributed by atoms with van der Waals surface area (Å²) in [5.41, 5.74) is 3.32. The van der Waals surface area contributed by atoms with Gasteiger partial charge in [0.1, 0.15) is 6.07 Å². The molecule has 0 heterocycles. The van der Waals surface area contributed by atoms with Crippen molar-refractivity contribution >= 4 is 23.2 Å². The molecule has 0 atom stereocenters. The van der Waals surface area contributed by atoms with E-state index in [1.54, 1.807) is 37.3 Å². The molecule has 1 rings (SSSR count). The third-order valence-corrected chi connectivity index (χ3v) is 2.16. The number of hydrogen-bond donors (Lipinski definition) is 1. The lowest BCUT2D eigenvalue weighted by Crippen LogP contribution is -2.17. The largest absolute Gasteiger partial charge is 0.461 e. The van der Waals surface area contributed by atoms with E-state index in [2.05, 4.69) is 15.3 Å². The Morgan fingerprint density at radius 1 is 1.37 bits per heavy atom. The zero-order chi connectivity index (χ0) is 14.3. The first-order valence-corrected chi connectivity index (χ1v) is 5.60. The molecule has 1 aromatic rings. The summed E-state index contributed by atoms with van der Waals surface area (Å²) in [6.45, 7) is 3.28. The van der Waals surface area contributed by atoms with Crippen LogP contribution < -0.4 is 5.43 Å². The van der Waals surface area contributed by atoms with Gasteiger partial charge in [0.25, 0.3) is 0 Å². The number of nitrogens with zero attached hydrogens (tertiary/aromatic N) is 2. The molecule has 0 spiro atoms. The molecule has 0 fully saturated rings. The topological polar surface area (TPSA) is 91.6 Å². The van der Waals surface area contributed by atoms with E-state index >= 15 is 0 Å². The smallest absolute Gasteiger partial charge is 0.369 e. The molecule has 6 nitrogen and oxygen atoms in total. The van der Waals surface area contributed by atoms with Gasteiger partial charge in [-0.05, 0) is 38.1 Å². The zero-order valence-corrected chi connectivity index (χ0v) is 10.6. The monoisotopic (exact) mass is 259 g/mol. The predicted octanol–water partition coefficient (Wildman–Crippen LogP) is 1.74. The van der Waals surface area contributed by atoms with Gasteiger partial charge in [-0.3, -0.25) is 10.2 Å². The molecule has 19 heavy (non-hydrogen) atoms. The second-order valence-electron chi connectivity index (χ2n) is 3.54. The summed E-state index contributed by atoms with van der Waals surface area (Å²) in [5.74, 6) is -0.822. The van der Waals surface area contributed by atoms with E-state index in [0.29, 0.717) is 11.3 Å². The molecule has 0 aromatic heterocycles. The summed E-state index contributed by atoms with van der Waals surface area (Å²) in [5, 5.41) is 12.4. The van der Waals surface area contributed by atoms with Gasteiger partial charge >= 0.3 is 5.97 Å². The van der Waals surface area contributed by atoms with E-state index in [9.17, 15) is 9.59 Å². The van der Waals surface area contributed by atoms with E-state index in [4.69, 9.17) is 5.26 Å². The number of ether oxygens (including phenoxy) is 1. The van der Waals surface area contributed by atoms with Crippen LogP contribution in [0, 0.1) is 11.3 Å². The van der Waals surface area contributed by atoms with Gasteiger partial charge in [-0.25, -0.2) is 4.79 Å². The normalized spacial score (nSPS) is 10.5. The fourth-order valence-electron chi connectivity index (χ4n) is 1.22. The molecule has 1 aromatic carbocycles. The summed E-state index contributed by atoms with van der Waals surface area (Å²) in [6.07, 6.45) is 0. The summed E-state index contributed by atoms with van der Waals surface area (Å²) >= 11 is 0. The number of anilines is 1. The van der Waals surface area contributed by atoms with Crippen LogP contribution in [0.2, 0.25) is 0 Å². The van der Waals surface area contributed by atoms with Gasteiger partial charge in [0, 0.05) is 5.56 Å². The van der Waals surface area contributed by atoms with E-state index in [1.165, 1.54) is 6.92 Å². The number of hydrazone groups is 1. The SMILES string of the molecule is CCOC(=O)C(C#N)=NNc1ccc(C(C)=O)cc1. The van der Waals surface area contributed by atoms with Gasteiger partial charge in [0.2, 0.25) is 5.71 Å². The Labute approximate surface area is 110 Å². The van der Waals surface area contributed by atoms with Crippen molar-refractivity contribution < 1.29 is 14.3 Å². The molecule has 0 bridgehead atoms. The number of nitriles is 1. The van der Waals surface area contributed by atoms with Crippen LogP contribution in [0.3, 0.4) is 0 Å². The first-order valence-electron chi connectivity index (χ1n) is 5.60. The van der Waals surface area contributed by atoms with Crippen LogP contribution in [0.15, 0.2) is 29.4 Å². The fraction of sp³-hybridized carbons (Fsp3) is 0.231. The van der Waals surface area contributed by atoms with Crippen molar-refractivity contribution in [1.82, 2.24) is 0 Å². The van der Waals surface area contributed by atoms with Gasteiger partial charge in [0.05, 0.1) is 12.3 Å². The van der Waals surface area contributed by atoms with Crippen molar-refractivity contribution in [1.29, 1.82) is 5.26 Å². The fourth-order valence-corrected chi connectivity index (χ4v) is 1.22. The van der Waals surface area contributed by atoms with Crippen molar-refractivity contribution in [2.45, 2.75) is 13.8 Å². The number of rotatable bonds is 5. The van der Waals surface area contributed by atoms with Crippen LogP contribution in [0.5, 0.6) is 0 Å². The molecule has 0 amide bonds. The Hall–Kier alpha value is -2.68. The Kier molecular flexibility index (Phi) is 5.23. The van der Waals surface area contributed by atoms with Crippen LogP contribution >= 0.6 is 0 Å². The number of Topliss-reactive ketones (excluding diaryl/α,β-unsaturated/α-hetero) is 1. The molecular weight excluding hydrogens is 246 g/mol. The molecule has 98 valence electrons. The molecular formula is C13H13N3O3. The van der Waals surface area contributed by atoms with Crippen molar-refractivity contribution in [3.05, 3.63) is 29.8 Å². The summed E-state index contributed by atoms with van der Waals surface area (Å²) in [6, 6.07) is 8.14. The first-order chi connectivity index (χ1) is 9.08. The maximum atomic E-state index is 11.3. The molecule has 1 N–H and O–H groups in total. The maximum absolute atomic E-state index is 11.3. The second kappa shape index (κ2) is 6.91.